The average Bonchev–Trinajstić information content (AvgIpc) is 1.97. The van der Waals surface area contributed by atoms with Crippen molar-refractivity contribution in [2.24, 2.45) is 0 Å². The van der Waals surface area contributed by atoms with E-state index < -0.39 is 5.83 Å². The maximum absolute atomic E-state index is 12.2. The monoisotopic (exact) mass is 146 g/mol. The van der Waals surface area contributed by atoms with Crippen LogP contribution in [-0.2, 0) is 0 Å². The van der Waals surface area contributed by atoms with E-state index in [1.54, 1.807) is 0 Å². The van der Waals surface area contributed by atoms with Crippen LogP contribution < -0.4 is 0 Å². The highest BCUT2D eigenvalue weighted by atomic mass is 32.2. The Hall–Kier alpha value is -0.570. The Labute approximate surface area is 55.9 Å². The number of hydrogen-bond donors (Lipinski definition) is 0. The largest absolute Gasteiger partial charge is 0.207 e. The van der Waals surface area contributed by atoms with Gasteiger partial charge in [0.1, 0.15) is 5.83 Å². The van der Waals surface area contributed by atoms with Crippen LogP contribution in [0.15, 0.2) is 34.6 Å². The summed E-state index contributed by atoms with van der Waals surface area (Å²) in [5, 5.41) is 0.976. The summed E-state index contributed by atoms with van der Waals surface area (Å²) in [4.78, 5) is 0. The van der Waals surface area contributed by atoms with Crippen molar-refractivity contribution in [3.8, 4) is 0 Å². The first kappa shape index (κ1) is 6.55. The molecule has 0 aromatic carbocycles. The Morgan fingerprint density at radius 2 is 2.00 bits per heavy atom. The van der Waals surface area contributed by atoms with Crippen LogP contribution in [0.4, 0.5) is 8.78 Å². The molecule has 0 aromatic rings. The molecule has 1 aliphatic rings. The Morgan fingerprint density at radius 3 is 2.78 bits per heavy atom. The minimum absolute atomic E-state index is 0.390. The van der Waals surface area contributed by atoms with Gasteiger partial charge in [0, 0.05) is 0 Å². The first-order valence-electron chi connectivity index (χ1n) is 2.35. The zero-order valence-electron chi connectivity index (χ0n) is 4.47. The average molecular weight is 146 g/mol. The lowest BCUT2D eigenvalue weighted by molar-refractivity contribution is 0.665. The predicted octanol–water partition coefficient (Wildman–Crippen LogP) is 2.91. The fourth-order valence-electron chi connectivity index (χ4n) is 0.404. The van der Waals surface area contributed by atoms with Crippen molar-refractivity contribution in [2.45, 2.75) is 0 Å². The number of hydrogen-bond acceptors (Lipinski definition) is 1. The van der Waals surface area contributed by atoms with E-state index in [4.69, 9.17) is 0 Å². The van der Waals surface area contributed by atoms with Gasteiger partial charge in [-0.1, -0.05) is 11.8 Å². The van der Waals surface area contributed by atoms with Crippen LogP contribution in [0.5, 0.6) is 0 Å². The second kappa shape index (κ2) is 2.82. The molecular formula is C6H4F2S. The summed E-state index contributed by atoms with van der Waals surface area (Å²) in [6.45, 7) is 0. The van der Waals surface area contributed by atoms with E-state index in [0.29, 0.717) is 0 Å². The van der Waals surface area contributed by atoms with E-state index in [1.165, 1.54) is 11.5 Å². The van der Waals surface area contributed by atoms with Gasteiger partial charge in [-0.25, -0.2) is 4.39 Å². The number of allylic oxidation sites excluding steroid dienone is 4. The second-order valence-corrected chi connectivity index (χ2v) is 2.34. The summed E-state index contributed by atoms with van der Waals surface area (Å²) in [7, 11) is 0. The van der Waals surface area contributed by atoms with Crippen molar-refractivity contribution in [3.63, 3.8) is 0 Å². The quantitative estimate of drug-likeness (QED) is 0.506. The van der Waals surface area contributed by atoms with Gasteiger partial charge in [-0.2, -0.15) is 4.39 Å². The summed E-state index contributed by atoms with van der Waals surface area (Å²) < 4.78 is 24.3. The highest BCUT2D eigenvalue weighted by Gasteiger charge is 1.95. The third-order valence-electron chi connectivity index (χ3n) is 0.781. The van der Waals surface area contributed by atoms with E-state index in [-0.39, 0.29) is 5.16 Å². The molecule has 0 fully saturated rings. The normalized spacial score (nSPS) is 18.4. The van der Waals surface area contributed by atoms with Crippen LogP contribution in [0, 0.1) is 0 Å². The van der Waals surface area contributed by atoms with Crippen molar-refractivity contribution in [3.05, 3.63) is 34.6 Å². The van der Waals surface area contributed by atoms with Gasteiger partial charge in [0.05, 0.1) is 0 Å². The number of rotatable bonds is 0. The van der Waals surface area contributed by atoms with Crippen LogP contribution in [-0.4, -0.2) is 0 Å². The van der Waals surface area contributed by atoms with Gasteiger partial charge in [-0.3, -0.25) is 0 Å². The zero-order chi connectivity index (χ0) is 6.69. The lowest BCUT2D eigenvalue weighted by atomic mass is 10.4. The van der Waals surface area contributed by atoms with Gasteiger partial charge < -0.3 is 0 Å². The zero-order valence-corrected chi connectivity index (χ0v) is 5.29. The van der Waals surface area contributed by atoms with Gasteiger partial charge in [0.2, 0.25) is 0 Å². The molecule has 0 nitrogen and oxygen atoms in total. The summed E-state index contributed by atoms with van der Waals surface area (Å²) >= 11 is 0.864. The van der Waals surface area contributed by atoms with Crippen LogP contribution in [0.3, 0.4) is 0 Å². The van der Waals surface area contributed by atoms with Crippen molar-refractivity contribution < 1.29 is 8.78 Å². The summed E-state index contributed by atoms with van der Waals surface area (Å²) in [6.07, 6.45) is 3.40. The molecule has 3 heteroatoms. The number of halogens is 2. The van der Waals surface area contributed by atoms with Gasteiger partial charge in [-0.05, 0) is 23.6 Å². The molecule has 1 heterocycles. The molecule has 0 saturated carbocycles. The molecule has 0 bridgehead atoms. The van der Waals surface area contributed by atoms with Crippen molar-refractivity contribution in [1.29, 1.82) is 0 Å². The highest BCUT2D eigenvalue weighted by molar-refractivity contribution is 8.05. The Balaban J connectivity index is 2.80. The van der Waals surface area contributed by atoms with Crippen molar-refractivity contribution >= 4 is 11.8 Å². The topological polar surface area (TPSA) is 0 Å². The molecular weight excluding hydrogens is 142 g/mol. The molecule has 0 amide bonds. The molecule has 0 saturated heterocycles. The van der Waals surface area contributed by atoms with Gasteiger partial charge >= 0.3 is 0 Å². The fourth-order valence-corrected chi connectivity index (χ4v) is 0.879. The molecule has 0 N–H and O–H groups in total. The minimum atomic E-state index is -0.421. The smallest absolute Gasteiger partial charge is 0.160 e. The van der Waals surface area contributed by atoms with Crippen LogP contribution in [0.25, 0.3) is 0 Å². The van der Waals surface area contributed by atoms with Crippen molar-refractivity contribution in [1.82, 2.24) is 0 Å². The van der Waals surface area contributed by atoms with Crippen LogP contribution in [0.1, 0.15) is 0 Å². The third kappa shape index (κ3) is 2.01. The molecule has 1 aliphatic heterocycles. The first-order valence-corrected chi connectivity index (χ1v) is 3.23. The lowest BCUT2D eigenvalue weighted by Gasteiger charge is -1.80. The number of thioether (sulfide) groups is 1. The van der Waals surface area contributed by atoms with E-state index in [0.717, 1.165) is 23.9 Å². The molecule has 0 atom stereocenters. The molecule has 0 spiro atoms. The first-order chi connectivity index (χ1) is 4.29. The molecule has 0 aromatic heterocycles. The third-order valence-corrected chi connectivity index (χ3v) is 1.41. The molecule has 0 radical (unpaired) electrons. The molecule has 48 valence electrons. The van der Waals surface area contributed by atoms with Gasteiger partial charge in [-0.15, -0.1) is 0 Å². The van der Waals surface area contributed by atoms with E-state index in [1.807, 2.05) is 0 Å². The molecule has 0 unspecified atom stereocenters. The molecule has 1 rings (SSSR count). The Kier molecular flexibility index (Phi) is 2.05. The molecule has 9 heavy (non-hydrogen) atoms. The van der Waals surface area contributed by atoms with E-state index in [2.05, 4.69) is 0 Å². The van der Waals surface area contributed by atoms with Crippen molar-refractivity contribution in [2.75, 3.05) is 0 Å². The predicted molar refractivity (Wildman–Crippen MR) is 35.1 cm³/mol. The van der Waals surface area contributed by atoms with Gasteiger partial charge in [0.15, 0.2) is 5.16 Å². The fraction of sp³-hybridized carbons (Fsp3) is 0. The van der Waals surface area contributed by atoms with Crippen LogP contribution >= 0.6 is 11.8 Å². The molecule has 0 aliphatic carbocycles. The van der Waals surface area contributed by atoms with E-state index in [9.17, 15) is 8.78 Å². The summed E-state index contributed by atoms with van der Waals surface area (Å²) in [5.74, 6) is -0.421. The Morgan fingerprint density at radius 1 is 1.22 bits per heavy atom. The van der Waals surface area contributed by atoms with Gasteiger partial charge in [0.25, 0.3) is 0 Å². The minimum Gasteiger partial charge on any atom is -0.207 e. The SMILES string of the molecule is FC1=CC=C(F)SC=C1. The maximum Gasteiger partial charge on any atom is 0.160 e. The van der Waals surface area contributed by atoms with Crippen LogP contribution in [0.2, 0.25) is 0 Å². The lowest BCUT2D eigenvalue weighted by Crippen LogP contribution is -1.57. The maximum atomic E-state index is 12.2. The second-order valence-electron chi connectivity index (χ2n) is 1.44. The standard InChI is InChI=1S/C6H4F2S/c7-5-1-2-6(8)9-4-3-5/h1-4H. The van der Waals surface area contributed by atoms with E-state index >= 15 is 0 Å². The highest BCUT2D eigenvalue weighted by Crippen LogP contribution is 2.22. The Bertz CT molecular complexity index is 191. The summed E-state index contributed by atoms with van der Waals surface area (Å²) in [6, 6.07) is 0. The summed E-state index contributed by atoms with van der Waals surface area (Å²) in [5.41, 5.74) is 0.